The molecule has 0 fully saturated rings. The van der Waals surface area contributed by atoms with Crippen molar-refractivity contribution in [1.82, 2.24) is 10.3 Å². The van der Waals surface area contributed by atoms with Crippen molar-refractivity contribution >= 4 is 28.8 Å². The van der Waals surface area contributed by atoms with Crippen LogP contribution in [-0.4, -0.2) is 18.1 Å². The van der Waals surface area contributed by atoms with E-state index in [1.165, 1.54) is 19.2 Å². The molecule has 118 valence electrons. The number of carbonyl (C=O) groups excluding carboxylic acids is 1. The molecule has 1 atom stereocenters. The number of ether oxygens (including phenoxy) is 1. The Morgan fingerprint density at radius 1 is 1.35 bits per heavy atom. The third-order valence-corrected chi connectivity index (χ3v) is 3.44. The van der Waals surface area contributed by atoms with Crippen LogP contribution in [0.4, 0.5) is 9.18 Å². The molecule has 1 N–H and O–H groups in total. The number of hydrogen-bond acceptors (Lipinski definition) is 4. The summed E-state index contributed by atoms with van der Waals surface area (Å²) in [6.45, 7) is 0. The molecular weight excluding hydrogens is 323 g/mol. The molecule has 0 aliphatic carbocycles. The Hall–Kier alpha value is -2.60. The first-order valence-electron chi connectivity index (χ1n) is 6.77. The molecule has 2 aromatic carbocycles. The van der Waals surface area contributed by atoms with E-state index in [9.17, 15) is 9.18 Å². The fraction of sp³-hybridized carbons (Fsp3) is 0.125. The SMILES string of the molecule is CNC(=O)OC(c1nc2cc(Cl)ccc2o1)c1ccccc1F. The highest BCUT2D eigenvalue weighted by Gasteiger charge is 2.27. The number of nitrogens with one attached hydrogen (secondary N) is 1. The van der Waals surface area contributed by atoms with E-state index in [0.29, 0.717) is 16.1 Å². The summed E-state index contributed by atoms with van der Waals surface area (Å²) in [4.78, 5) is 15.9. The number of oxazole rings is 1. The van der Waals surface area contributed by atoms with E-state index in [0.717, 1.165) is 0 Å². The Labute approximate surface area is 136 Å². The molecule has 1 heterocycles. The largest absolute Gasteiger partial charge is 0.436 e. The molecule has 23 heavy (non-hydrogen) atoms. The summed E-state index contributed by atoms with van der Waals surface area (Å²) < 4.78 is 24.9. The average molecular weight is 335 g/mol. The molecular formula is C16H12ClFN2O3. The number of aromatic nitrogens is 1. The van der Waals surface area contributed by atoms with Crippen molar-refractivity contribution in [2.45, 2.75) is 6.10 Å². The summed E-state index contributed by atoms with van der Waals surface area (Å²) in [5, 5.41) is 2.82. The second-order valence-electron chi connectivity index (χ2n) is 4.72. The predicted molar refractivity (Wildman–Crippen MR) is 82.8 cm³/mol. The molecule has 5 nitrogen and oxygen atoms in total. The van der Waals surface area contributed by atoms with E-state index < -0.39 is 18.0 Å². The number of amides is 1. The standard InChI is InChI=1S/C16H12ClFN2O3/c1-19-16(21)23-14(10-4-2-3-5-11(10)18)15-20-12-8-9(17)6-7-13(12)22-15/h2-8,14H,1H3,(H,19,21). The Morgan fingerprint density at radius 3 is 2.87 bits per heavy atom. The Balaban J connectivity index is 2.09. The van der Waals surface area contributed by atoms with Gasteiger partial charge in [0, 0.05) is 17.6 Å². The van der Waals surface area contributed by atoms with Crippen LogP contribution in [0.15, 0.2) is 46.9 Å². The maximum absolute atomic E-state index is 14.1. The molecule has 0 spiro atoms. The maximum atomic E-state index is 14.1. The van der Waals surface area contributed by atoms with Crippen molar-refractivity contribution in [1.29, 1.82) is 0 Å². The highest BCUT2D eigenvalue weighted by atomic mass is 35.5. The number of carbonyl (C=O) groups is 1. The van der Waals surface area contributed by atoms with Crippen LogP contribution in [0.25, 0.3) is 11.1 Å². The average Bonchev–Trinajstić information content (AvgIpc) is 2.96. The summed E-state index contributed by atoms with van der Waals surface area (Å²) >= 11 is 5.92. The maximum Gasteiger partial charge on any atom is 0.408 e. The van der Waals surface area contributed by atoms with Crippen molar-refractivity contribution in [3.05, 3.63) is 64.8 Å². The minimum Gasteiger partial charge on any atom is -0.436 e. The molecule has 3 rings (SSSR count). The zero-order valence-corrected chi connectivity index (χ0v) is 12.8. The Morgan fingerprint density at radius 2 is 2.13 bits per heavy atom. The van der Waals surface area contributed by atoms with Gasteiger partial charge in [-0.3, -0.25) is 0 Å². The van der Waals surface area contributed by atoms with Crippen LogP contribution in [0.5, 0.6) is 0 Å². The predicted octanol–water partition coefficient (Wildman–Crippen LogP) is 4.07. The van der Waals surface area contributed by atoms with Gasteiger partial charge in [-0.1, -0.05) is 29.8 Å². The monoisotopic (exact) mass is 334 g/mol. The van der Waals surface area contributed by atoms with E-state index in [2.05, 4.69) is 10.3 Å². The molecule has 1 amide bonds. The number of benzene rings is 2. The van der Waals surface area contributed by atoms with Crippen LogP contribution < -0.4 is 5.32 Å². The van der Waals surface area contributed by atoms with Gasteiger partial charge in [0.05, 0.1) is 0 Å². The quantitative estimate of drug-likeness (QED) is 0.784. The Bertz CT molecular complexity index is 865. The first-order chi connectivity index (χ1) is 11.1. The second kappa shape index (κ2) is 6.26. The van der Waals surface area contributed by atoms with Crippen LogP contribution in [0.3, 0.4) is 0 Å². The van der Waals surface area contributed by atoms with Gasteiger partial charge in [-0.05, 0) is 24.3 Å². The van der Waals surface area contributed by atoms with Crippen molar-refractivity contribution in [3.63, 3.8) is 0 Å². The minimum atomic E-state index is -1.11. The summed E-state index contributed by atoms with van der Waals surface area (Å²) in [7, 11) is 1.41. The van der Waals surface area contributed by atoms with Gasteiger partial charge in [0.25, 0.3) is 0 Å². The van der Waals surface area contributed by atoms with Gasteiger partial charge in [-0.25, -0.2) is 14.2 Å². The fourth-order valence-electron chi connectivity index (χ4n) is 2.13. The first kappa shape index (κ1) is 15.3. The molecule has 3 aromatic rings. The molecule has 0 radical (unpaired) electrons. The topological polar surface area (TPSA) is 64.4 Å². The van der Waals surface area contributed by atoms with E-state index in [-0.39, 0.29) is 11.5 Å². The molecule has 0 bridgehead atoms. The molecule has 0 saturated carbocycles. The van der Waals surface area contributed by atoms with Gasteiger partial charge in [-0.15, -0.1) is 0 Å². The van der Waals surface area contributed by atoms with Crippen LogP contribution in [0.2, 0.25) is 5.02 Å². The lowest BCUT2D eigenvalue weighted by Crippen LogP contribution is -2.23. The normalized spacial score (nSPS) is 12.1. The van der Waals surface area contributed by atoms with Gasteiger partial charge in [-0.2, -0.15) is 0 Å². The van der Waals surface area contributed by atoms with Gasteiger partial charge < -0.3 is 14.5 Å². The molecule has 1 aromatic heterocycles. The van der Waals surface area contributed by atoms with Crippen molar-refractivity contribution < 1.29 is 18.3 Å². The molecule has 0 aliphatic heterocycles. The fourth-order valence-corrected chi connectivity index (χ4v) is 2.30. The van der Waals surface area contributed by atoms with Crippen molar-refractivity contribution in [2.75, 3.05) is 7.05 Å². The van der Waals surface area contributed by atoms with Crippen LogP contribution in [0, 0.1) is 5.82 Å². The lowest BCUT2D eigenvalue weighted by Gasteiger charge is -2.15. The molecule has 7 heteroatoms. The summed E-state index contributed by atoms with van der Waals surface area (Å²) in [5.74, 6) is -0.461. The number of halogens is 2. The Kier molecular flexibility index (Phi) is 4.16. The van der Waals surface area contributed by atoms with Crippen LogP contribution in [-0.2, 0) is 4.74 Å². The number of rotatable bonds is 3. The summed E-state index contributed by atoms with van der Waals surface area (Å²) in [6.07, 6.45) is -1.83. The number of hydrogen-bond donors (Lipinski definition) is 1. The number of alkyl carbamates (subject to hydrolysis) is 1. The van der Waals surface area contributed by atoms with Gasteiger partial charge in [0.1, 0.15) is 11.3 Å². The summed E-state index contributed by atoms with van der Waals surface area (Å²) in [6, 6.07) is 10.9. The highest BCUT2D eigenvalue weighted by Crippen LogP contribution is 2.30. The van der Waals surface area contributed by atoms with E-state index >= 15 is 0 Å². The van der Waals surface area contributed by atoms with Gasteiger partial charge in [0.2, 0.25) is 12.0 Å². The number of fused-ring (bicyclic) bond motifs is 1. The third-order valence-electron chi connectivity index (χ3n) is 3.21. The van der Waals surface area contributed by atoms with E-state index in [4.69, 9.17) is 20.8 Å². The lowest BCUT2D eigenvalue weighted by atomic mass is 10.1. The zero-order valence-electron chi connectivity index (χ0n) is 12.0. The van der Waals surface area contributed by atoms with Crippen LogP contribution >= 0.6 is 11.6 Å². The molecule has 1 unspecified atom stereocenters. The van der Waals surface area contributed by atoms with Crippen molar-refractivity contribution in [2.24, 2.45) is 0 Å². The number of nitrogens with zero attached hydrogens (tertiary/aromatic N) is 1. The smallest absolute Gasteiger partial charge is 0.408 e. The first-order valence-corrected chi connectivity index (χ1v) is 7.15. The third kappa shape index (κ3) is 3.12. The molecule has 0 aliphatic rings. The van der Waals surface area contributed by atoms with E-state index in [1.807, 2.05) is 0 Å². The van der Waals surface area contributed by atoms with Crippen molar-refractivity contribution in [3.8, 4) is 0 Å². The minimum absolute atomic E-state index is 0.0657. The van der Waals surface area contributed by atoms with Gasteiger partial charge in [0.15, 0.2) is 5.58 Å². The summed E-state index contributed by atoms with van der Waals surface area (Å²) in [5.41, 5.74) is 1.11. The van der Waals surface area contributed by atoms with Gasteiger partial charge >= 0.3 is 6.09 Å². The molecule has 0 saturated heterocycles. The second-order valence-corrected chi connectivity index (χ2v) is 5.16. The van der Waals surface area contributed by atoms with E-state index in [1.54, 1.807) is 30.3 Å². The highest BCUT2D eigenvalue weighted by molar-refractivity contribution is 6.31. The lowest BCUT2D eigenvalue weighted by molar-refractivity contribution is 0.103. The zero-order chi connectivity index (χ0) is 16.4. The van der Waals surface area contributed by atoms with Crippen LogP contribution in [0.1, 0.15) is 17.6 Å².